The lowest BCUT2D eigenvalue weighted by molar-refractivity contribution is 0.146. The van der Waals surface area contributed by atoms with Gasteiger partial charge in [0.15, 0.2) is 0 Å². The summed E-state index contributed by atoms with van der Waals surface area (Å²) in [7, 11) is 0. The Kier molecular flexibility index (Phi) is 5.86. The number of nitrogens with zero attached hydrogens (tertiary/aromatic N) is 1. The molecule has 0 fully saturated rings. The van der Waals surface area contributed by atoms with Crippen molar-refractivity contribution in [3.05, 3.63) is 29.3 Å². The van der Waals surface area contributed by atoms with Gasteiger partial charge >= 0.3 is 0 Å². The van der Waals surface area contributed by atoms with Gasteiger partial charge in [-0.05, 0) is 50.4 Å². The first-order chi connectivity index (χ1) is 9.76. The fourth-order valence-corrected chi connectivity index (χ4v) is 2.92. The largest absolute Gasteiger partial charge is 0.382 e. The molecule has 0 radical (unpaired) electrons. The predicted octanol–water partition coefficient (Wildman–Crippen LogP) is 3.15. The molecule has 20 heavy (non-hydrogen) atoms. The maximum absolute atomic E-state index is 5.42. The van der Waals surface area contributed by atoms with Gasteiger partial charge in [0, 0.05) is 38.0 Å². The van der Waals surface area contributed by atoms with E-state index in [4.69, 9.17) is 4.74 Å². The van der Waals surface area contributed by atoms with Gasteiger partial charge in [0.25, 0.3) is 0 Å². The van der Waals surface area contributed by atoms with Gasteiger partial charge in [-0.1, -0.05) is 19.1 Å². The number of fused-ring (bicyclic) bond motifs is 1. The third-order valence-electron chi connectivity index (χ3n) is 4.03. The number of nitrogens with one attached hydrogen (secondary N) is 1. The molecular formula is C17H28N2O. The van der Waals surface area contributed by atoms with Crippen molar-refractivity contribution in [1.29, 1.82) is 0 Å². The van der Waals surface area contributed by atoms with E-state index >= 15 is 0 Å². The Morgan fingerprint density at radius 3 is 2.95 bits per heavy atom. The zero-order chi connectivity index (χ0) is 14.4. The van der Waals surface area contributed by atoms with Crippen LogP contribution in [0.3, 0.4) is 0 Å². The van der Waals surface area contributed by atoms with Gasteiger partial charge in [0.2, 0.25) is 0 Å². The highest BCUT2D eigenvalue weighted by atomic mass is 16.5. The van der Waals surface area contributed by atoms with Crippen LogP contribution in [-0.4, -0.2) is 32.8 Å². The number of anilines is 1. The molecule has 0 saturated carbocycles. The number of hydrogen-bond donors (Lipinski definition) is 1. The first-order valence-corrected chi connectivity index (χ1v) is 7.95. The zero-order valence-corrected chi connectivity index (χ0v) is 13.1. The smallest absolute Gasteiger partial charge is 0.0482 e. The summed E-state index contributed by atoms with van der Waals surface area (Å²) >= 11 is 0. The maximum Gasteiger partial charge on any atom is 0.0482 e. The van der Waals surface area contributed by atoms with Gasteiger partial charge in [-0.25, -0.2) is 0 Å². The summed E-state index contributed by atoms with van der Waals surface area (Å²) in [6, 6.07) is 7.39. The van der Waals surface area contributed by atoms with E-state index in [0.29, 0.717) is 6.04 Å². The molecule has 1 aliphatic rings. The summed E-state index contributed by atoms with van der Waals surface area (Å²) in [5.41, 5.74) is 4.33. The number of hydrogen-bond acceptors (Lipinski definition) is 3. The van der Waals surface area contributed by atoms with Crippen LogP contribution in [0.5, 0.6) is 0 Å². The predicted molar refractivity (Wildman–Crippen MR) is 85.6 cm³/mol. The minimum atomic E-state index is 0.442. The second-order valence-corrected chi connectivity index (χ2v) is 5.46. The molecule has 1 aromatic carbocycles. The van der Waals surface area contributed by atoms with Gasteiger partial charge in [-0.3, -0.25) is 0 Å². The molecule has 1 atom stereocenters. The van der Waals surface area contributed by atoms with Crippen molar-refractivity contribution in [1.82, 2.24) is 5.32 Å². The molecule has 1 heterocycles. The molecule has 2 rings (SSSR count). The molecular weight excluding hydrogens is 248 g/mol. The Morgan fingerprint density at radius 2 is 2.20 bits per heavy atom. The summed E-state index contributed by atoms with van der Waals surface area (Å²) in [6.45, 7) is 11.4. The molecule has 1 unspecified atom stereocenters. The van der Waals surface area contributed by atoms with Crippen LogP contribution in [0.1, 0.15) is 44.4 Å². The molecule has 3 heteroatoms. The van der Waals surface area contributed by atoms with Crippen LogP contribution in [0, 0.1) is 0 Å². The average molecular weight is 276 g/mol. The van der Waals surface area contributed by atoms with E-state index in [0.717, 1.165) is 39.3 Å². The fraction of sp³-hybridized carbons (Fsp3) is 0.647. The fourth-order valence-electron chi connectivity index (χ4n) is 2.92. The van der Waals surface area contributed by atoms with Crippen LogP contribution >= 0.6 is 0 Å². The molecule has 0 aromatic heterocycles. The molecule has 0 spiro atoms. The number of benzene rings is 1. The molecule has 0 bridgehead atoms. The van der Waals surface area contributed by atoms with Crippen molar-refractivity contribution in [2.24, 2.45) is 0 Å². The molecule has 1 N–H and O–H groups in total. The number of ether oxygens (including phenoxy) is 1. The second-order valence-electron chi connectivity index (χ2n) is 5.46. The molecule has 0 saturated heterocycles. The van der Waals surface area contributed by atoms with Crippen LogP contribution in [-0.2, 0) is 11.2 Å². The Labute approximate surface area is 123 Å². The monoisotopic (exact) mass is 276 g/mol. The van der Waals surface area contributed by atoms with Crippen LogP contribution in [0.15, 0.2) is 18.2 Å². The average Bonchev–Trinajstić information content (AvgIpc) is 2.86. The lowest BCUT2D eigenvalue weighted by Crippen LogP contribution is -2.22. The zero-order valence-electron chi connectivity index (χ0n) is 13.1. The maximum atomic E-state index is 5.42. The lowest BCUT2D eigenvalue weighted by Gasteiger charge is -2.20. The standard InChI is InChI=1S/C17H28N2O/c1-4-18-14(3)15-7-8-17-16(13-15)9-11-19(17)10-6-12-20-5-2/h7-8,13-14,18H,4-6,9-12H2,1-3H3. The Hall–Kier alpha value is -1.06. The van der Waals surface area contributed by atoms with Crippen LogP contribution < -0.4 is 10.2 Å². The quantitative estimate of drug-likeness (QED) is 0.738. The van der Waals surface area contributed by atoms with Crippen LogP contribution in [0.2, 0.25) is 0 Å². The minimum Gasteiger partial charge on any atom is -0.382 e. The van der Waals surface area contributed by atoms with E-state index in [1.807, 2.05) is 0 Å². The van der Waals surface area contributed by atoms with Crippen LogP contribution in [0.25, 0.3) is 0 Å². The van der Waals surface area contributed by atoms with E-state index in [1.54, 1.807) is 0 Å². The Balaban J connectivity index is 1.95. The second kappa shape index (κ2) is 7.65. The highest BCUT2D eigenvalue weighted by Crippen LogP contribution is 2.30. The molecule has 0 amide bonds. The number of rotatable bonds is 8. The molecule has 1 aliphatic heterocycles. The normalized spacial score (nSPS) is 15.4. The molecule has 3 nitrogen and oxygen atoms in total. The van der Waals surface area contributed by atoms with E-state index < -0.39 is 0 Å². The first-order valence-electron chi connectivity index (χ1n) is 7.95. The Bertz CT molecular complexity index is 419. The summed E-state index contributed by atoms with van der Waals surface area (Å²) < 4.78 is 5.42. The van der Waals surface area contributed by atoms with Crippen molar-refractivity contribution < 1.29 is 4.74 Å². The van der Waals surface area contributed by atoms with Crippen molar-refractivity contribution in [2.45, 2.75) is 39.7 Å². The summed E-state index contributed by atoms with van der Waals surface area (Å²) in [5, 5.41) is 3.48. The molecule has 1 aromatic rings. The van der Waals surface area contributed by atoms with Gasteiger partial charge in [0.05, 0.1) is 0 Å². The van der Waals surface area contributed by atoms with Crippen LogP contribution in [0.4, 0.5) is 5.69 Å². The summed E-state index contributed by atoms with van der Waals surface area (Å²) in [4.78, 5) is 2.50. The van der Waals surface area contributed by atoms with Gasteiger partial charge in [-0.15, -0.1) is 0 Å². The highest BCUT2D eigenvalue weighted by Gasteiger charge is 2.19. The molecule has 0 aliphatic carbocycles. The molecule has 112 valence electrons. The van der Waals surface area contributed by atoms with Crippen molar-refractivity contribution in [2.75, 3.05) is 37.7 Å². The van der Waals surface area contributed by atoms with E-state index in [2.05, 4.69) is 49.2 Å². The lowest BCUT2D eigenvalue weighted by atomic mass is 10.0. The van der Waals surface area contributed by atoms with E-state index in [-0.39, 0.29) is 0 Å². The van der Waals surface area contributed by atoms with Gasteiger partial charge in [-0.2, -0.15) is 0 Å². The van der Waals surface area contributed by atoms with Gasteiger partial charge < -0.3 is 15.0 Å². The van der Waals surface area contributed by atoms with Crippen molar-refractivity contribution >= 4 is 5.69 Å². The van der Waals surface area contributed by atoms with E-state index in [1.165, 1.54) is 23.2 Å². The Morgan fingerprint density at radius 1 is 1.35 bits per heavy atom. The third-order valence-corrected chi connectivity index (χ3v) is 4.03. The summed E-state index contributed by atoms with van der Waals surface area (Å²) in [6.07, 6.45) is 2.29. The summed E-state index contributed by atoms with van der Waals surface area (Å²) in [5.74, 6) is 0. The highest BCUT2D eigenvalue weighted by molar-refractivity contribution is 5.59. The van der Waals surface area contributed by atoms with Gasteiger partial charge in [0.1, 0.15) is 0 Å². The van der Waals surface area contributed by atoms with Crippen molar-refractivity contribution in [3.63, 3.8) is 0 Å². The van der Waals surface area contributed by atoms with Crippen molar-refractivity contribution in [3.8, 4) is 0 Å². The SMILES string of the molecule is CCNC(C)c1ccc2c(c1)CCN2CCCOCC. The van der Waals surface area contributed by atoms with E-state index in [9.17, 15) is 0 Å². The first kappa shape index (κ1) is 15.3. The minimum absolute atomic E-state index is 0.442. The topological polar surface area (TPSA) is 24.5 Å². The third kappa shape index (κ3) is 3.74.